The third-order valence-corrected chi connectivity index (χ3v) is 4.46. The third-order valence-electron chi connectivity index (χ3n) is 4.46. The Balaban J connectivity index is 0.000000383. The van der Waals surface area contributed by atoms with Crippen LogP contribution in [0.25, 0.3) is 33.4 Å². The maximum Gasteiger partial charge on any atom is 0.490 e. The SMILES string of the molecule is COc1cc(-c2ncc(-c3c[nH]nc3C)c3onc(N)c23)c(F)cc1N.O=C(O)C(F)(F)F. The predicted molar refractivity (Wildman–Crippen MR) is 109 cm³/mol. The molecule has 0 unspecified atom stereocenters. The van der Waals surface area contributed by atoms with Crippen LogP contribution in [0.4, 0.5) is 29.1 Å². The van der Waals surface area contributed by atoms with Gasteiger partial charge in [-0.25, -0.2) is 9.18 Å². The van der Waals surface area contributed by atoms with Gasteiger partial charge in [0.2, 0.25) is 0 Å². The number of carbonyl (C=O) groups is 1. The largest absolute Gasteiger partial charge is 0.495 e. The van der Waals surface area contributed by atoms with Crippen LogP contribution in [0.2, 0.25) is 0 Å². The maximum absolute atomic E-state index is 14.6. The zero-order valence-corrected chi connectivity index (χ0v) is 17.0. The van der Waals surface area contributed by atoms with Gasteiger partial charge in [-0.2, -0.15) is 18.3 Å². The van der Waals surface area contributed by atoms with Crippen LogP contribution in [-0.4, -0.2) is 44.7 Å². The Kier molecular flexibility index (Phi) is 6.10. The van der Waals surface area contributed by atoms with Crippen LogP contribution in [-0.2, 0) is 4.79 Å². The van der Waals surface area contributed by atoms with Gasteiger partial charge in [0, 0.05) is 35.2 Å². The summed E-state index contributed by atoms with van der Waals surface area (Å²) >= 11 is 0. The molecule has 33 heavy (non-hydrogen) atoms. The number of nitrogens with one attached hydrogen (secondary N) is 1. The molecular weight excluding hydrogens is 452 g/mol. The fraction of sp³-hybridized carbons (Fsp3) is 0.158. The standard InChI is InChI=1S/C17H15FN6O2.C2HF3O2/c1-7-9(6-22-23-7)10-5-21-15(14-16(10)26-24-17(14)20)8-3-13(25-2)12(19)4-11(8)18;3-2(4,5)1(6)7/h3-6H,19H2,1-2H3,(H2,20,24)(H,22,23);(H,6,7). The van der Waals surface area contributed by atoms with Crippen molar-refractivity contribution in [2.24, 2.45) is 0 Å². The molecule has 174 valence electrons. The van der Waals surface area contributed by atoms with Crippen molar-refractivity contribution in [2.75, 3.05) is 18.6 Å². The normalized spacial score (nSPS) is 11.2. The summed E-state index contributed by atoms with van der Waals surface area (Å²) in [4.78, 5) is 13.3. The lowest BCUT2D eigenvalue weighted by atomic mass is 10.0. The van der Waals surface area contributed by atoms with Crippen molar-refractivity contribution >= 4 is 28.4 Å². The molecule has 6 N–H and O–H groups in total. The molecule has 0 saturated carbocycles. The first-order valence-corrected chi connectivity index (χ1v) is 8.93. The van der Waals surface area contributed by atoms with E-state index in [0.717, 1.165) is 11.3 Å². The zero-order chi connectivity index (χ0) is 24.5. The summed E-state index contributed by atoms with van der Waals surface area (Å²) in [5.41, 5.74) is 15.0. The summed E-state index contributed by atoms with van der Waals surface area (Å²) in [6.07, 6.45) is -1.79. The maximum atomic E-state index is 14.6. The van der Waals surface area contributed by atoms with Gasteiger partial charge in [-0.05, 0) is 13.0 Å². The number of H-pyrrole nitrogens is 1. The molecule has 0 aliphatic heterocycles. The molecule has 10 nitrogen and oxygen atoms in total. The summed E-state index contributed by atoms with van der Waals surface area (Å²) in [6.45, 7) is 1.84. The molecule has 0 radical (unpaired) electrons. The number of nitrogens with zero attached hydrogens (tertiary/aromatic N) is 3. The number of anilines is 2. The van der Waals surface area contributed by atoms with Crippen LogP contribution in [0.15, 0.2) is 29.0 Å². The molecule has 4 aromatic rings. The van der Waals surface area contributed by atoms with Gasteiger partial charge < -0.3 is 25.8 Å². The first-order chi connectivity index (χ1) is 15.5. The van der Waals surface area contributed by atoms with E-state index in [1.54, 1.807) is 12.4 Å². The van der Waals surface area contributed by atoms with Gasteiger partial charge in [0.15, 0.2) is 11.4 Å². The Morgan fingerprint density at radius 2 is 1.88 bits per heavy atom. The van der Waals surface area contributed by atoms with Crippen LogP contribution in [0.1, 0.15) is 5.69 Å². The van der Waals surface area contributed by atoms with Crippen molar-refractivity contribution < 1.29 is 36.7 Å². The Bertz CT molecular complexity index is 1330. The van der Waals surface area contributed by atoms with Crippen molar-refractivity contribution in [1.82, 2.24) is 20.3 Å². The fourth-order valence-electron chi connectivity index (χ4n) is 2.92. The third kappa shape index (κ3) is 4.49. The van der Waals surface area contributed by atoms with Gasteiger partial charge in [0.1, 0.15) is 11.6 Å². The summed E-state index contributed by atoms with van der Waals surface area (Å²) in [7, 11) is 1.45. The second-order valence-electron chi connectivity index (χ2n) is 6.55. The molecule has 0 aliphatic rings. The number of hydrogen-bond donors (Lipinski definition) is 4. The summed E-state index contributed by atoms with van der Waals surface area (Å²) in [5, 5.41) is 18.2. The predicted octanol–water partition coefficient (Wildman–Crippen LogP) is 3.53. The number of aromatic nitrogens is 4. The number of halogens is 4. The minimum Gasteiger partial charge on any atom is -0.495 e. The number of nitrogens with two attached hydrogens (primary N) is 2. The lowest BCUT2D eigenvalue weighted by Crippen LogP contribution is -2.21. The number of rotatable bonds is 3. The van der Waals surface area contributed by atoms with E-state index in [2.05, 4.69) is 20.3 Å². The second-order valence-corrected chi connectivity index (χ2v) is 6.55. The molecule has 3 heterocycles. The summed E-state index contributed by atoms with van der Waals surface area (Å²) in [6, 6.07) is 2.65. The molecule has 0 aliphatic carbocycles. The van der Waals surface area contributed by atoms with Gasteiger partial charge in [-0.15, -0.1) is 0 Å². The number of aromatic amines is 1. The average Bonchev–Trinajstić information content (AvgIpc) is 3.34. The van der Waals surface area contributed by atoms with Crippen molar-refractivity contribution in [1.29, 1.82) is 0 Å². The number of alkyl halides is 3. The molecular formula is C19H16F4N6O4. The fourth-order valence-corrected chi connectivity index (χ4v) is 2.92. The Labute approximate surface area is 182 Å². The van der Waals surface area contributed by atoms with Crippen LogP contribution < -0.4 is 16.2 Å². The second kappa shape index (κ2) is 8.64. The Morgan fingerprint density at radius 3 is 2.42 bits per heavy atom. The molecule has 3 aromatic heterocycles. The number of fused-ring (bicyclic) bond motifs is 1. The van der Waals surface area contributed by atoms with Gasteiger partial charge in [-0.1, -0.05) is 5.16 Å². The summed E-state index contributed by atoms with van der Waals surface area (Å²) in [5.74, 6) is -2.86. The number of pyridine rings is 1. The molecule has 14 heteroatoms. The highest BCUT2D eigenvalue weighted by molar-refractivity contribution is 6.05. The number of ether oxygens (including phenoxy) is 1. The van der Waals surface area contributed by atoms with Crippen molar-refractivity contribution in [3.05, 3.63) is 36.0 Å². The zero-order valence-electron chi connectivity index (χ0n) is 17.0. The first kappa shape index (κ1) is 23.3. The minimum absolute atomic E-state index is 0.112. The lowest BCUT2D eigenvalue weighted by molar-refractivity contribution is -0.192. The molecule has 0 fully saturated rings. The van der Waals surface area contributed by atoms with Crippen LogP contribution in [0.5, 0.6) is 5.75 Å². The summed E-state index contributed by atoms with van der Waals surface area (Å²) < 4.78 is 56.9. The highest BCUT2D eigenvalue weighted by Crippen LogP contribution is 2.40. The average molecular weight is 468 g/mol. The number of carboxylic acids is 1. The van der Waals surface area contributed by atoms with Gasteiger partial charge in [-0.3, -0.25) is 10.1 Å². The molecule has 0 atom stereocenters. The van der Waals surface area contributed by atoms with Crippen molar-refractivity contribution in [2.45, 2.75) is 13.1 Å². The quantitative estimate of drug-likeness (QED) is 0.260. The Hall–Kier alpha value is -4.36. The smallest absolute Gasteiger partial charge is 0.490 e. The number of nitrogen functional groups attached to an aromatic ring is 2. The molecule has 0 spiro atoms. The lowest BCUT2D eigenvalue weighted by Gasteiger charge is -2.10. The Morgan fingerprint density at radius 1 is 1.21 bits per heavy atom. The molecule has 4 rings (SSSR count). The van der Waals surface area contributed by atoms with Crippen LogP contribution in [0.3, 0.4) is 0 Å². The number of methoxy groups -OCH3 is 1. The van der Waals surface area contributed by atoms with E-state index < -0.39 is 18.0 Å². The molecule has 1 aromatic carbocycles. The number of aryl methyl sites for hydroxylation is 1. The highest BCUT2D eigenvalue weighted by atomic mass is 19.4. The van der Waals surface area contributed by atoms with Crippen molar-refractivity contribution in [3.63, 3.8) is 0 Å². The van der Waals surface area contributed by atoms with E-state index >= 15 is 0 Å². The number of hydrogen-bond acceptors (Lipinski definition) is 8. The van der Waals surface area contributed by atoms with E-state index in [-0.39, 0.29) is 17.1 Å². The van der Waals surface area contributed by atoms with Crippen LogP contribution >= 0.6 is 0 Å². The van der Waals surface area contributed by atoms with E-state index in [0.29, 0.717) is 28.0 Å². The topological polar surface area (TPSA) is 166 Å². The van der Waals surface area contributed by atoms with E-state index in [1.165, 1.54) is 19.2 Å². The monoisotopic (exact) mass is 468 g/mol. The van der Waals surface area contributed by atoms with E-state index in [1.807, 2.05) is 6.92 Å². The van der Waals surface area contributed by atoms with Gasteiger partial charge in [0.25, 0.3) is 0 Å². The minimum atomic E-state index is -5.08. The first-order valence-electron chi connectivity index (χ1n) is 8.93. The molecule has 0 amide bonds. The van der Waals surface area contributed by atoms with Crippen molar-refractivity contribution in [3.8, 4) is 28.1 Å². The van der Waals surface area contributed by atoms with E-state index in [4.69, 9.17) is 30.6 Å². The number of aliphatic carboxylic acids is 1. The van der Waals surface area contributed by atoms with Gasteiger partial charge >= 0.3 is 12.1 Å². The number of carboxylic acid groups (broad SMARTS) is 1. The molecule has 0 bridgehead atoms. The highest BCUT2D eigenvalue weighted by Gasteiger charge is 2.38. The van der Waals surface area contributed by atoms with Gasteiger partial charge in [0.05, 0.1) is 29.6 Å². The van der Waals surface area contributed by atoms with E-state index in [9.17, 15) is 17.6 Å². The number of benzene rings is 1. The molecule has 0 saturated heterocycles. The van der Waals surface area contributed by atoms with Crippen LogP contribution in [0, 0.1) is 12.7 Å².